The van der Waals surface area contributed by atoms with Crippen LogP contribution in [0.25, 0.3) is 74.5 Å². The van der Waals surface area contributed by atoms with Crippen LogP contribution in [-0.4, -0.2) is 15.0 Å². The molecule has 5 heteroatoms. The highest BCUT2D eigenvalue weighted by Crippen LogP contribution is 2.49. The second kappa shape index (κ2) is 9.05. The SMILES string of the molecule is Cc1c(C)c2c3cccc(-c4nc(-c5ccccc5)nc(-c5ccccc5)n4)c3sc2c2c1sc1ccccc12. The van der Waals surface area contributed by atoms with Crippen LogP contribution in [0.4, 0.5) is 0 Å². The number of fused-ring (bicyclic) bond motifs is 7. The van der Waals surface area contributed by atoms with E-state index in [0.717, 1.165) is 16.7 Å². The van der Waals surface area contributed by atoms with Crippen LogP contribution < -0.4 is 0 Å². The summed E-state index contributed by atoms with van der Waals surface area (Å²) < 4.78 is 5.28. The van der Waals surface area contributed by atoms with Crippen molar-refractivity contribution in [1.29, 1.82) is 0 Å². The molecule has 0 aliphatic carbocycles. The monoisotopic (exact) mass is 549 g/mol. The van der Waals surface area contributed by atoms with Crippen LogP contribution in [0.1, 0.15) is 11.1 Å². The minimum absolute atomic E-state index is 0.681. The minimum atomic E-state index is 0.681. The molecular weight excluding hydrogens is 527 g/mol. The van der Waals surface area contributed by atoms with Crippen molar-refractivity contribution in [3.63, 3.8) is 0 Å². The van der Waals surface area contributed by atoms with Gasteiger partial charge in [0.15, 0.2) is 17.5 Å². The van der Waals surface area contributed by atoms with Crippen molar-refractivity contribution in [2.24, 2.45) is 0 Å². The summed E-state index contributed by atoms with van der Waals surface area (Å²) in [6.07, 6.45) is 0. The molecule has 0 amide bonds. The lowest BCUT2D eigenvalue weighted by atomic mass is 9.98. The van der Waals surface area contributed by atoms with Gasteiger partial charge >= 0.3 is 0 Å². The van der Waals surface area contributed by atoms with Crippen LogP contribution in [0, 0.1) is 13.8 Å². The van der Waals surface area contributed by atoms with Crippen molar-refractivity contribution in [2.75, 3.05) is 0 Å². The summed E-state index contributed by atoms with van der Waals surface area (Å²) >= 11 is 3.77. The summed E-state index contributed by atoms with van der Waals surface area (Å²) in [5.74, 6) is 2.06. The fourth-order valence-electron chi connectivity index (χ4n) is 5.67. The Bertz CT molecular complexity index is 2170. The van der Waals surface area contributed by atoms with Crippen molar-refractivity contribution in [3.05, 3.63) is 114 Å². The molecule has 0 fully saturated rings. The Hall–Kier alpha value is -4.45. The summed E-state index contributed by atoms with van der Waals surface area (Å²) in [6.45, 7) is 4.54. The average Bonchev–Trinajstić information content (AvgIpc) is 3.60. The molecule has 0 N–H and O–H groups in total. The molecule has 8 rings (SSSR count). The summed E-state index contributed by atoms with van der Waals surface area (Å²) in [5, 5.41) is 5.31. The Morgan fingerprint density at radius 1 is 0.450 bits per heavy atom. The fourth-order valence-corrected chi connectivity index (χ4v) is 8.43. The molecule has 8 aromatic rings. The lowest BCUT2D eigenvalue weighted by Crippen LogP contribution is -2.00. The van der Waals surface area contributed by atoms with Gasteiger partial charge in [0.2, 0.25) is 0 Å². The average molecular weight is 550 g/mol. The van der Waals surface area contributed by atoms with Gasteiger partial charge in [0.1, 0.15) is 0 Å². The van der Waals surface area contributed by atoms with E-state index in [0.29, 0.717) is 17.5 Å². The summed E-state index contributed by atoms with van der Waals surface area (Å²) in [5.41, 5.74) is 5.71. The van der Waals surface area contributed by atoms with Crippen LogP contribution in [0.5, 0.6) is 0 Å². The van der Waals surface area contributed by atoms with E-state index in [4.69, 9.17) is 15.0 Å². The Morgan fingerprint density at radius 2 is 1.05 bits per heavy atom. The van der Waals surface area contributed by atoms with E-state index < -0.39 is 0 Å². The Kier molecular flexibility index (Phi) is 5.30. The third-order valence-corrected chi connectivity index (χ3v) is 10.3. The Labute approximate surface area is 239 Å². The maximum Gasteiger partial charge on any atom is 0.165 e. The zero-order valence-corrected chi connectivity index (χ0v) is 23.6. The molecule has 0 saturated heterocycles. The zero-order valence-electron chi connectivity index (χ0n) is 22.0. The van der Waals surface area contributed by atoms with Gasteiger partial charge < -0.3 is 0 Å². The summed E-state index contributed by atoms with van der Waals surface area (Å²) in [4.78, 5) is 15.0. The van der Waals surface area contributed by atoms with E-state index in [-0.39, 0.29) is 0 Å². The van der Waals surface area contributed by atoms with Crippen LogP contribution in [-0.2, 0) is 0 Å². The first-order chi connectivity index (χ1) is 19.7. The van der Waals surface area contributed by atoms with Gasteiger partial charge in [-0.05, 0) is 37.1 Å². The predicted octanol–water partition coefficient (Wildman–Crippen LogP) is 10.2. The number of hydrogen-bond donors (Lipinski definition) is 0. The Morgan fingerprint density at radius 3 is 1.75 bits per heavy atom. The highest BCUT2D eigenvalue weighted by atomic mass is 32.1. The Balaban J connectivity index is 1.46. The van der Waals surface area contributed by atoms with Gasteiger partial charge in [0, 0.05) is 57.0 Å². The number of thiophene rings is 2. The normalized spacial score (nSPS) is 11.8. The number of aromatic nitrogens is 3. The number of rotatable bonds is 3. The highest BCUT2D eigenvalue weighted by molar-refractivity contribution is 7.30. The third-order valence-electron chi connectivity index (χ3n) is 7.76. The molecule has 190 valence electrons. The molecule has 0 unspecified atom stereocenters. The quantitative estimate of drug-likeness (QED) is 0.220. The van der Waals surface area contributed by atoms with Gasteiger partial charge in [-0.15, -0.1) is 22.7 Å². The van der Waals surface area contributed by atoms with Gasteiger partial charge in [-0.25, -0.2) is 15.0 Å². The highest BCUT2D eigenvalue weighted by Gasteiger charge is 2.21. The minimum Gasteiger partial charge on any atom is -0.208 e. The largest absolute Gasteiger partial charge is 0.208 e. The second-order valence-electron chi connectivity index (χ2n) is 10.1. The van der Waals surface area contributed by atoms with E-state index in [1.54, 1.807) is 0 Å². The van der Waals surface area contributed by atoms with Crippen molar-refractivity contribution in [1.82, 2.24) is 15.0 Å². The number of nitrogens with zero attached hydrogens (tertiary/aromatic N) is 3. The molecule has 0 atom stereocenters. The lowest BCUT2D eigenvalue weighted by molar-refractivity contribution is 1.08. The molecule has 0 saturated carbocycles. The maximum atomic E-state index is 5.05. The molecule has 0 radical (unpaired) electrons. The molecular formula is C35H23N3S2. The fraction of sp³-hybridized carbons (Fsp3) is 0.0571. The van der Waals surface area contributed by atoms with Crippen molar-refractivity contribution in [3.8, 4) is 34.2 Å². The molecule has 3 heterocycles. The van der Waals surface area contributed by atoms with Crippen molar-refractivity contribution in [2.45, 2.75) is 13.8 Å². The van der Waals surface area contributed by atoms with E-state index in [1.807, 2.05) is 59.1 Å². The lowest BCUT2D eigenvalue weighted by Gasteiger charge is -2.09. The molecule has 0 aliphatic heterocycles. The molecule has 40 heavy (non-hydrogen) atoms. The van der Waals surface area contributed by atoms with Crippen LogP contribution in [0.3, 0.4) is 0 Å². The van der Waals surface area contributed by atoms with E-state index in [2.05, 4.69) is 80.6 Å². The second-order valence-corrected chi connectivity index (χ2v) is 12.2. The summed E-state index contributed by atoms with van der Waals surface area (Å²) in [7, 11) is 0. The topological polar surface area (TPSA) is 38.7 Å². The van der Waals surface area contributed by atoms with Crippen molar-refractivity contribution < 1.29 is 0 Å². The van der Waals surface area contributed by atoms with E-state index in [9.17, 15) is 0 Å². The predicted molar refractivity (Wildman–Crippen MR) is 171 cm³/mol. The van der Waals surface area contributed by atoms with Crippen LogP contribution in [0.15, 0.2) is 103 Å². The first-order valence-electron chi connectivity index (χ1n) is 13.3. The van der Waals surface area contributed by atoms with E-state index >= 15 is 0 Å². The van der Waals surface area contributed by atoms with Crippen LogP contribution in [0.2, 0.25) is 0 Å². The molecule has 0 aliphatic rings. The van der Waals surface area contributed by atoms with Gasteiger partial charge in [-0.2, -0.15) is 0 Å². The first-order valence-corrected chi connectivity index (χ1v) is 14.9. The standard InChI is InChI=1S/C35H23N3S2/c1-20-21(2)30-29(24-16-9-10-19-27(24)39-30)32-28(20)25-17-11-18-26(31(25)40-32)35-37-33(22-12-5-3-6-13-22)36-34(38-35)23-14-7-4-8-15-23/h3-19H,1-2H3. The van der Waals surface area contributed by atoms with E-state index in [1.165, 1.54) is 51.5 Å². The molecule has 0 spiro atoms. The molecule has 5 aromatic carbocycles. The smallest absolute Gasteiger partial charge is 0.165 e. The van der Waals surface area contributed by atoms with Gasteiger partial charge in [-0.3, -0.25) is 0 Å². The molecule has 0 bridgehead atoms. The van der Waals surface area contributed by atoms with Gasteiger partial charge in [0.05, 0.1) is 0 Å². The number of benzene rings is 5. The van der Waals surface area contributed by atoms with Crippen molar-refractivity contribution >= 4 is 63.0 Å². The third kappa shape index (κ3) is 3.52. The zero-order chi connectivity index (χ0) is 26.8. The van der Waals surface area contributed by atoms with Gasteiger partial charge in [0.25, 0.3) is 0 Å². The van der Waals surface area contributed by atoms with Crippen LogP contribution >= 0.6 is 22.7 Å². The number of aryl methyl sites for hydroxylation is 2. The van der Waals surface area contributed by atoms with Gasteiger partial charge in [-0.1, -0.05) is 91.0 Å². The maximum absolute atomic E-state index is 5.05. The first kappa shape index (κ1) is 23.4. The molecule has 3 aromatic heterocycles. The molecule has 3 nitrogen and oxygen atoms in total. The number of hydrogen-bond acceptors (Lipinski definition) is 5. The summed E-state index contributed by atoms with van der Waals surface area (Å²) in [6, 6.07) is 35.7.